The van der Waals surface area contributed by atoms with Gasteiger partial charge in [0.1, 0.15) is 0 Å². The van der Waals surface area contributed by atoms with Crippen LogP contribution in [-0.4, -0.2) is 33.2 Å². The van der Waals surface area contributed by atoms with Gasteiger partial charge in [-0.1, -0.05) is 6.07 Å². The second-order valence-corrected chi connectivity index (χ2v) is 4.87. The minimum absolute atomic E-state index is 0.107. The van der Waals surface area contributed by atoms with Crippen molar-refractivity contribution >= 4 is 11.6 Å². The largest absolute Gasteiger partial charge is 0.348 e. The SMILES string of the molecule is CC1(Nc2nc3ccccn3n2)CCNCC1. The Hall–Kier alpha value is -1.62. The zero-order valence-corrected chi connectivity index (χ0v) is 9.98. The molecule has 17 heavy (non-hydrogen) atoms. The van der Waals surface area contributed by atoms with E-state index in [4.69, 9.17) is 0 Å². The summed E-state index contributed by atoms with van der Waals surface area (Å²) in [4.78, 5) is 4.47. The Kier molecular flexibility index (Phi) is 2.48. The number of hydrogen-bond acceptors (Lipinski definition) is 4. The Labute approximate surface area is 100 Å². The van der Waals surface area contributed by atoms with E-state index in [1.807, 2.05) is 24.4 Å². The molecule has 0 unspecified atom stereocenters. The lowest BCUT2D eigenvalue weighted by molar-refractivity contribution is 0.363. The molecule has 0 spiro atoms. The normalized spacial score (nSPS) is 19.4. The molecule has 0 atom stereocenters. The molecule has 0 radical (unpaired) electrons. The number of nitrogens with zero attached hydrogens (tertiary/aromatic N) is 3. The molecule has 1 fully saturated rings. The summed E-state index contributed by atoms with van der Waals surface area (Å²) in [5.41, 5.74) is 0.989. The number of piperidine rings is 1. The molecule has 0 bridgehead atoms. The molecule has 1 aliphatic rings. The number of pyridine rings is 1. The average Bonchev–Trinajstić information content (AvgIpc) is 2.71. The molecule has 1 saturated heterocycles. The number of rotatable bonds is 2. The molecule has 3 heterocycles. The quantitative estimate of drug-likeness (QED) is 0.817. The van der Waals surface area contributed by atoms with Gasteiger partial charge < -0.3 is 10.6 Å². The monoisotopic (exact) mass is 231 g/mol. The third kappa shape index (κ3) is 2.10. The maximum absolute atomic E-state index is 4.47. The zero-order chi connectivity index (χ0) is 11.7. The summed E-state index contributed by atoms with van der Waals surface area (Å²) in [5, 5.41) is 11.3. The second kappa shape index (κ2) is 4.00. The molecular weight excluding hydrogens is 214 g/mol. The second-order valence-electron chi connectivity index (χ2n) is 4.87. The van der Waals surface area contributed by atoms with E-state index in [0.29, 0.717) is 0 Å². The predicted molar refractivity (Wildman–Crippen MR) is 67.1 cm³/mol. The summed E-state index contributed by atoms with van der Waals surface area (Å²) in [6.45, 7) is 4.34. The van der Waals surface area contributed by atoms with E-state index in [1.54, 1.807) is 4.52 Å². The Bertz CT molecular complexity index is 479. The van der Waals surface area contributed by atoms with E-state index >= 15 is 0 Å². The summed E-state index contributed by atoms with van der Waals surface area (Å²) in [6.07, 6.45) is 4.11. The van der Waals surface area contributed by atoms with E-state index in [2.05, 4.69) is 27.6 Å². The number of aromatic nitrogens is 3. The van der Waals surface area contributed by atoms with E-state index in [1.165, 1.54) is 0 Å². The molecule has 0 aromatic carbocycles. The zero-order valence-electron chi connectivity index (χ0n) is 9.98. The maximum atomic E-state index is 4.47. The summed E-state index contributed by atoms with van der Waals surface area (Å²) >= 11 is 0. The van der Waals surface area contributed by atoms with Crippen molar-refractivity contribution in [2.75, 3.05) is 18.4 Å². The highest BCUT2D eigenvalue weighted by Crippen LogP contribution is 2.22. The van der Waals surface area contributed by atoms with Gasteiger partial charge in [0, 0.05) is 11.7 Å². The summed E-state index contributed by atoms with van der Waals surface area (Å²) in [7, 11) is 0. The predicted octanol–water partition coefficient (Wildman–Crippen LogP) is 1.28. The lowest BCUT2D eigenvalue weighted by atomic mass is 9.91. The van der Waals surface area contributed by atoms with E-state index < -0.39 is 0 Å². The van der Waals surface area contributed by atoms with E-state index in [0.717, 1.165) is 37.5 Å². The van der Waals surface area contributed by atoms with Gasteiger partial charge in [0.15, 0.2) is 5.65 Å². The highest BCUT2D eigenvalue weighted by Gasteiger charge is 2.27. The summed E-state index contributed by atoms with van der Waals surface area (Å²) in [5.74, 6) is 0.723. The van der Waals surface area contributed by atoms with Gasteiger partial charge in [-0.2, -0.15) is 4.98 Å². The van der Waals surface area contributed by atoms with Crippen LogP contribution in [0.2, 0.25) is 0 Å². The van der Waals surface area contributed by atoms with Crippen LogP contribution in [0.4, 0.5) is 5.95 Å². The van der Waals surface area contributed by atoms with Gasteiger partial charge in [-0.15, -0.1) is 5.10 Å². The van der Waals surface area contributed by atoms with Gasteiger partial charge in [0.2, 0.25) is 5.95 Å². The molecular formula is C12H17N5. The van der Waals surface area contributed by atoms with E-state index in [9.17, 15) is 0 Å². The molecule has 5 heteroatoms. The van der Waals surface area contributed by atoms with Crippen LogP contribution in [0, 0.1) is 0 Å². The minimum atomic E-state index is 0.107. The van der Waals surface area contributed by atoms with Crippen molar-refractivity contribution in [2.45, 2.75) is 25.3 Å². The first-order chi connectivity index (χ1) is 8.25. The Morgan fingerprint density at radius 2 is 2.18 bits per heavy atom. The van der Waals surface area contributed by atoms with Crippen molar-refractivity contribution in [1.29, 1.82) is 0 Å². The number of fused-ring (bicyclic) bond motifs is 1. The fraction of sp³-hybridized carbons (Fsp3) is 0.500. The molecule has 3 rings (SSSR count). The van der Waals surface area contributed by atoms with Crippen molar-refractivity contribution in [3.05, 3.63) is 24.4 Å². The van der Waals surface area contributed by atoms with Crippen molar-refractivity contribution in [1.82, 2.24) is 19.9 Å². The molecule has 1 aliphatic heterocycles. The standard InChI is InChI=1S/C12H17N5/c1-12(5-7-13-8-6-12)15-11-14-10-4-2-3-9-17(10)16-11/h2-4,9,13H,5-8H2,1H3,(H,15,16). The molecule has 2 aromatic heterocycles. The lowest BCUT2D eigenvalue weighted by Gasteiger charge is -2.34. The molecule has 5 nitrogen and oxygen atoms in total. The maximum Gasteiger partial charge on any atom is 0.243 e. The third-order valence-corrected chi connectivity index (χ3v) is 3.36. The first-order valence-electron chi connectivity index (χ1n) is 6.06. The first-order valence-corrected chi connectivity index (χ1v) is 6.06. The van der Waals surface area contributed by atoms with Gasteiger partial charge in [-0.25, -0.2) is 4.52 Å². The van der Waals surface area contributed by atoms with Crippen LogP contribution in [0.3, 0.4) is 0 Å². The van der Waals surface area contributed by atoms with Crippen LogP contribution in [0.25, 0.3) is 5.65 Å². The molecule has 0 aliphatic carbocycles. The summed E-state index contributed by atoms with van der Waals surface area (Å²) in [6, 6.07) is 5.89. The lowest BCUT2D eigenvalue weighted by Crippen LogP contribution is -2.45. The Morgan fingerprint density at radius 1 is 1.35 bits per heavy atom. The minimum Gasteiger partial charge on any atom is -0.348 e. The van der Waals surface area contributed by atoms with Crippen molar-refractivity contribution in [2.24, 2.45) is 0 Å². The van der Waals surface area contributed by atoms with Crippen molar-refractivity contribution in [3.8, 4) is 0 Å². The fourth-order valence-electron chi connectivity index (χ4n) is 2.26. The van der Waals surface area contributed by atoms with Crippen LogP contribution < -0.4 is 10.6 Å². The number of nitrogens with one attached hydrogen (secondary N) is 2. The average molecular weight is 231 g/mol. The van der Waals surface area contributed by atoms with Gasteiger partial charge in [-0.05, 0) is 45.0 Å². The molecule has 0 amide bonds. The fourth-order valence-corrected chi connectivity index (χ4v) is 2.26. The first kappa shape index (κ1) is 10.5. The highest BCUT2D eigenvalue weighted by molar-refractivity contribution is 5.43. The highest BCUT2D eigenvalue weighted by atomic mass is 15.4. The van der Waals surface area contributed by atoms with E-state index in [-0.39, 0.29) is 5.54 Å². The Balaban J connectivity index is 1.84. The third-order valence-electron chi connectivity index (χ3n) is 3.36. The van der Waals surface area contributed by atoms with Crippen LogP contribution in [-0.2, 0) is 0 Å². The van der Waals surface area contributed by atoms with Crippen LogP contribution in [0.5, 0.6) is 0 Å². The van der Waals surface area contributed by atoms with Gasteiger partial charge >= 0.3 is 0 Å². The molecule has 2 N–H and O–H groups in total. The molecule has 0 saturated carbocycles. The van der Waals surface area contributed by atoms with Crippen LogP contribution >= 0.6 is 0 Å². The summed E-state index contributed by atoms with van der Waals surface area (Å²) < 4.78 is 1.80. The molecule has 90 valence electrons. The van der Waals surface area contributed by atoms with Crippen molar-refractivity contribution in [3.63, 3.8) is 0 Å². The van der Waals surface area contributed by atoms with Crippen LogP contribution in [0.1, 0.15) is 19.8 Å². The van der Waals surface area contributed by atoms with Crippen molar-refractivity contribution < 1.29 is 0 Å². The topological polar surface area (TPSA) is 54.2 Å². The van der Waals surface area contributed by atoms with Crippen LogP contribution in [0.15, 0.2) is 24.4 Å². The smallest absolute Gasteiger partial charge is 0.243 e. The Morgan fingerprint density at radius 3 is 2.94 bits per heavy atom. The number of hydrogen-bond donors (Lipinski definition) is 2. The molecule has 2 aromatic rings. The van der Waals surface area contributed by atoms with Gasteiger partial charge in [-0.3, -0.25) is 0 Å². The van der Waals surface area contributed by atoms with Gasteiger partial charge in [0.05, 0.1) is 0 Å². The number of anilines is 1. The van der Waals surface area contributed by atoms with Gasteiger partial charge in [0.25, 0.3) is 0 Å².